The van der Waals surface area contributed by atoms with Gasteiger partial charge in [0.25, 0.3) is 5.91 Å². The quantitative estimate of drug-likeness (QED) is 0.641. The van der Waals surface area contributed by atoms with E-state index in [1.807, 2.05) is 6.07 Å². The number of nitrogens with one attached hydrogen (secondary N) is 1. The lowest BCUT2D eigenvalue weighted by Gasteiger charge is -2.30. The van der Waals surface area contributed by atoms with Gasteiger partial charge in [-0.05, 0) is 68.3 Å². The summed E-state index contributed by atoms with van der Waals surface area (Å²) < 4.78 is 32.1. The van der Waals surface area contributed by atoms with E-state index in [2.05, 4.69) is 5.32 Å². The third-order valence-electron chi connectivity index (χ3n) is 5.18. The summed E-state index contributed by atoms with van der Waals surface area (Å²) in [5.74, 6) is -1.52. The van der Waals surface area contributed by atoms with Crippen LogP contribution in [0.4, 0.5) is 5.69 Å². The summed E-state index contributed by atoms with van der Waals surface area (Å²) >= 11 is 5.82. The largest absolute Gasteiger partial charge is 0.452 e. The van der Waals surface area contributed by atoms with Gasteiger partial charge in [0.05, 0.1) is 22.4 Å². The lowest BCUT2D eigenvalue weighted by molar-refractivity contribution is -0.158. The Kier molecular flexibility index (Phi) is 7.51. The second-order valence-electron chi connectivity index (χ2n) is 7.39. The minimum absolute atomic E-state index is 0.149. The molecule has 32 heavy (non-hydrogen) atoms. The highest BCUT2D eigenvalue weighted by atomic mass is 35.5. The van der Waals surface area contributed by atoms with Crippen LogP contribution in [0.25, 0.3) is 0 Å². The van der Waals surface area contributed by atoms with Gasteiger partial charge in [0.1, 0.15) is 0 Å². The second kappa shape index (κ2) is 10.1. The summed E-state index contributed by atoms with van der Waals surface area (Å²) in [5, 5.41) is 11.9. The SMILES string of the molecule is C[C@H](OC(=O)C1CCN(S(=O)(=O)c2ccc(Cl)cc2)CC1)C(=O)Nc1ccc(C#N)cc1. The molecule has 1 heterocycles. The molecule has 0 spiro atoms. The average molecular weight is 476 g/mol. The normalized spacial score (nSPS) is 16.0. The molecule has 1 N–H and O–H groups in total. The second-order valence-corrected chi connectivity index (χ2v) is 9.76. The Balaban J connectivity index is 1.51. The molecule has 1 aliphatic heterocycles. The number of ether oxygens (including phenoxy) is 1. The Morgan fingerprint density at radius 3 is 2.28 bits per heavy atom. The van der Waals surface area contributed by atoms with Gasteiger partial charge in [0, 0.05) is 23.8 Å². The molecule has 1 atom stereocenters. The van der Waals surface area contributed by atoms with Crippen molar-refractivity contribution in [3.05, 3.63) is 59.1 Å². The third-order valence-corrected chi connectivity index (χ3v) is 7.35. The highest BCUT2D eigenvalue weighted by Gasteiger charge is 2.34. The molecule has 0 aliphatic carbocycles. The summed E-state index contributed by atoms with van der Waals surface area (Å²) in [6.45, 7) is 1.82. The fourth-order valence-corrected chi connectivity index (χ4v) is 4.88. The van der Waals surface area contributed by atoms with E-state index in [1.54, 1.807) is 24.3 Å². The van der Waals surface area contributed by atoms with Crippen LogP contribution in [0.1, 0.15) is 25.3 Å². The Hall–Kier alpha value is -2.93. The topological polar surface area (TPSA) is 117 Å². The molecule has 10 heteroatoms. The van der Waals surface area contributed by atoms with Crippen molar-refractivity contribution in [2.45, 2.75) is 30.8 Å². The zero-order valence-corrected chi connectivity index (χ0v) is 18.9. The Morgan fingerprint density at radius 2 is 1.72 bits per heavy atom. The number of halogens is 1. The molecule has 1 saturated heterocycles. The van der Waals surface area contributed by atoms with Crippen molar-refractivity contribution in [1.29, 1.82) is 5.26 Å². The predicted octanol–water partition coefficient (Wildman–Crippen LogP) is 3.18. The monoisotopic (exact) mass is 475 g/mol. The van der Waals surface area contributed by atoms with Gasteiger partial charge in [0.2, 0.25) is 10.0 Å². The van der Waals surface area contributed by atoms with Crippen molar-refractivity contribution in [3.8, 4) is 6.07 Å². The summed E-state index contributed by atoms with van der Waals surface area (Å²) in [7, 11) is -3.67. The molecule has 0 aromatic heterocycles. The van der Waals surface area contributed by atoms with Crippen LogP contribution in [0.2, 0.25) is 5.02 Å². The maximum atomic E-state index is 12.8. The minimum atomic E-state index is -3.67. The van der Waals surface area contributed by atoms with Crippen LogP contribution in [0, 0.1) is 17.2 Å². The van der Waals surface area contributed by atoms with E-state index in [4.69, 9.17) is 21.6 Å². The number of nitrogens with zero attached hydrogens (tertiary/aromatic N) is 2. The summed E-state index contributed by atoms with van der Waals surface area (Å²) in [4.78, 5) is 24.9. The van der Waals surface area contributed by atoms with Crippen LogP contribution < -0.4 is 5.32 Å². The highest BCUT2D eigenvalue weighted by molar-refractivity contribution is 7.89. The number of benzene rings is 2. The first-order valence-electron chi connectivity index (χ1n) is 9.98. The van der Waals surface area contributed by atoms with Gasteiger partial charge in [-0.2, -0.15) is 9.57 Å². The fraction of sp³-hybridized carbons (Fsp3) is 0.318. The van der Waals surface area contributed by atoms with E-state index in [1.165, 1.54) is 35.5 Å². The first-order valence-corrected chi connectivity index (χ1v) is 11.8. The zero-order valence-electron chi connectivity index (χ0n) is 17.3. The number of anilines is 1. The third kappa shape index (κ3) is 5.65. The van der Waals surface area contributed by atoms with Gasteiger partial charge < -0.3 is 10.1 Å². The van der Waals surface area contributed by atoms with Crippen LogP contribution in [0.3, 0.4) is 0 Å². The molecule has 0 bridgehead atoms. The Morgan fingerprint density at radius 1 is 1.12 bits per heavy atom. The number of hydrogen-bond donors (Lipinski definition) is 1. The highest BCUT2D eigenvalue weighted by Crippen LogP contribution is 2.26. The molecule has 0 saturated carbocycles. The van der Waals surface area contributed by atoms with Crippen LogP contribution in [-0.2, 0) is 24.3 Å². The average Bonchev–Trinajstić information content (AvgIpc) is 2.79. The number of carbonyl (C=O) groups excluding carboxylic acids is 2. The lowest BCUT2D eigenvalue weighted by atomic mass is 9.98. The van der Waals surface area contributed by atoms with Crippen LogP contribution in [0.5, 0.6) is 0 Å². The molecule has 0 radical (unpaired) electrons. The van der Waals surface area contributed by atoms with E-state index in [0.29, 0.717) is 29.1 Å². The molecule has 0 unspecified atom stereocenters. The zero-order chi connectivity index (χ0) is 23.3. The van der Waals surface area contributed by atoms with Crippen molar-refractivity contribution in [3.63, 3.8) is 0 Å². The number of piperidine rings is 1. The molecule has 8 nitrogen and oxygen atoms in total. The summed E-state index contributed by atoms with van der Waals surface area (Å²) in [5.41, 5.74) is 0.949. The van der Waals surface area contributed by atoms with Gasteiger partial charge >= 0.3 is 5.97 Å². The van der Waals surface area contributed by atoms with E-state index in [0.717, 1.165) is 0 Å². The number of amides is 1. The molecule has 2 aromatic rings. The van der Waals surface area contributed by atoms with Crippen molar-refractivity contribution in [2.24, 2.45) is 5.92 Å². The van der Waals surface area contributed by atoms with E-state index in [-0.39, 0.29) is 18.0 Å². The number of sulfonamides is 1. The van der Waals surface area contributed by atoms with Crippen LogP contribution in [0.15, 0.2) is 53.4 Å². The molecule has 2 aromatic carbocycles. The fourth-order valence-electron chi connectivity index (χ4n) is 3.28. The van der Waals surface area contributed by atoms with Crippen LogP contribution >= 0.6 is 11.6 Å². The standard InChI is InChI=1S/C22H22ClN3O5S/c1-15(21(27)25-19-6-2-16(14-24)3-7-19)31-22(28)17-10-12-26(13-11-17)32(29,30)20-8-4-18(23)5-9-20/h2-9,15,17H,10-13H2,1H3,(H,25,27)/t15-/m0/s1. The van der Waals surface area contributed by atoms with E-state index >= 15 is 0 Å². The number of hydrogen-bond acceptors (Lipinski definition) is 6. The summed E-state index contributed by atoms with van der Waals surface area (Å²) in [6, 6.07) is 14.2. The predicted molar refractivity (Wildman–Crippen MR) is 118 cm³/mol. The van der Waals surface area contributed by atoms with E-state index in [9.17, 15) is 18.0 Å². The molecule has 1 aliphatic rings. The van der Waals surface area contributed by atoms with Crippen molar-refractivity contribution < 1.29 is 22.7 Å². The lowest BCUT2D eigenvalue weighted by Crippen LogP contribution is -2.41. The first kappa shape index (κ1) is 23.7. The number of rotatable bonds is 6. The van der Waals surface area contributed by atoms with Crippen LogP contribution in [-0.4, -0.2) is 43.8 Å². The van der Waals surface area contributed by atoms with Gasteiger partial charge in [-0.15, -0.1) is 0 Å². The summed E-state index contributed by atoms with van der Waals surface area (Å²) in [6.07, 6.45) is -0.417. The molecular formula is C22H22ClN3O5S. The number of carbonyl (C=O) groups is 2. The minimum Gasteiger partial charge on any atom is -0.452 e. The molecular weight excluding hydrogens is 454 g/mol. The molecule has 1 amide bonds. The number of nitriles is 1. The maximum absolute atomic E-state index is 12.8. The van der Waals surface area contributed by atoms with Gasteiger partial charge in [0.15, 0.2) is 6.10 Å². The van der Waals surface area contributed by atoms with Crippen molar-refractivity contribution in [1.82, 2.24) is 4.31 Å². The first-order chi connectivity index (χ1) is 15.2. The molecule has 3 rings (SSSR count). The maximum Gasteiger partial charge on any atom is 0.309 e. The molecule has 168 valence electrons. The van der Waals surface area contributed by atoms with Gasteiger partial charge in [-0.25, -0.2) is 8.42 Å². The Bertz CT molecular complexity index is 1120. The molecule has 1 fully saturated rings. The van der Waals surface area contributed by atoms with Crippen molar-refractivity contribution >= 4 is 39.2 Å². The van der Waals surface area contributed by atoms with E-state index < -0.39 is 33.9 Å². The number of esters is 1. The van der Waals surface area contributed by atoms with Gasteiger partial charge in [-0.1, -0.05) is 11.6 Å². The van der Waals surface area contributed by atoms with Gasteiger partial charge in [-0.3, -0.25) is 9.59 Å². The van der Waals surface area contributed by atoms with Crippen molar-refractivity contribution in [2.75, 3.05) is 18.4 Å². The smallest absolute Gasteiger partial charge is 0.309 e. The Labute approximate surface area is 191 Å².